The zero-order valence-electron chi connectivity index (χ0n) is 14.6. The molecular formula is C19H20N4O3. The van der Waals surface area contributed by atoms with Crippen molar-refractivity contribution in [1.29, 1.82) is 0 Å². The molecule has 0 spiro atoms. The van der Waals surface area contributed by atoms with Gasteiger partial charge in [-0.1, -0.05) is 12.1 Å². The average Bonchev–Trinajstić information content (AvgIpc) is 3.32. The summed E-state index contributed by atoms with van der Waals surface area (Å²) in [5, 5.41) is 9.60. The largest absolute Gasteiger partial charge is 0.465 e. The van der Waals surface area contributed by atoms with Crippen LogP contribution in [0.5, 0.6) is 0 Å². The maximum atomic E-state index is 11.8. The number of aromatic nitrogens is 2. The van der Waals surface area contributed by atoms with Crippen LogP contribution in [0.2, 0.25) is 0 Å². The lowest BCUT2D eigenvalue weighted by Gasteiger charge is -2.12. The summed E-state index contributed by atoms with van der Waals surface area (Å²) in [6, 6.07) is 10.8. The molecule has 0 fully saturated rings. The summed E-state index contributed by atoms with van der Waals surface area (Å²) in [6.07, 6.45) is 5.91. The third-order valence-electron chi connectivity index (χ3n) is 3.77. The van der Waals surface area contributed by atoms with Gasteiger partial charge in [0, 0.05) is 23.4 Å². The van der Waals surface area contributed by atoms with Gasteiger partial charge >= 0.3 is 6.03 Å². The Hall–Kier alpha value is -3.35. The summed E-state index contributed by atoms with van der Waals surface area (Å²) < 4.78 is 10.4. The van der Waals surface area contributed by atoms with Crippen LogP contribution in [0.25, 0.3) is 23.5 Å². The van der Waals surface area contributed by atoms with E-state index >= 15 is 0 Å². The zero-order chi connectivity index (χ0) is 18.4. The molecule has 0 radical (unpaired) electrons. The van der Waals surface area contributed by atoms with Gasteiger partial charge in [-0.15, -0.1) is 0 Å². The van der Waals surface area contributed by atoms with Gasteiger partial charge in [-0.25, -0.2) is 4.79 Å². The fraction of sp³-hybridized carbons (Fsp3) is 0.211. The molecule has 0 saturated carbocycles. The molecule has 0 aliphatic rings. The van der Waals surface area contributed by atoms with Gasteiger partial charge < -0.3 is 19.6 Å². The van der Waals surface area contributed by atoms with Crippen LogP contribution >= 0.6 is 0 Å². The molecule has 2 N–H and O–H groups in total. The Kier molecular flexibility index (Phi) is 5.48. The number of furan rings is 1. The summed E-state index contributed by atoms with van der Waals surface area (Å²) >= 11 is 0. The van der Waals surface area contributed by atoms with Gasteiger partial charge in [0.2, 0.25) is 5.82 Å². The van der Waals surface area contributed by atoms with Gasteiger partial charge in [0.05, 0.1) is 6.26 Å². The standard InChI is InChI=1S/C19H20N4O3/c1-3-13(2)20-19(24)21-15-8-6-14(7-9-15)18-22-17(26-23-18)11-10-16-5-4-12-25-16/h4-13H,3H2,1-2H3,(H2,20,21,24)/b11-10+/t13-/m0/s1. The molecular weight excluding hydrogens is 332 g/mol. The number of rotatable bonds is 6. The number of urea groups is 1. The van der Waals surface area contributed by atoms with E-state index in [-0.39, 0.29) is 12.1 Å². The molecule has 1 atom stereocenters. The van der Waals surface area contributed by atoms with Crippen LogP contribution in [0.4, 0.5) is 10.5 Å². The summed E-state index contributed by atoms with van der Waals surface area (Å²) in [5.41, 5.74) is 1.48. The first-order valence-electron chi connectivity index (χ1n) is 8.37. The van der Waals surface area contributed by atoms with Crippen molar-refractivity contribution in [3.05, 3.63) is 54.3 Å². The first-order valence-corrected chi connectivity index (χ1v) is 8.37. The van der Waals surface area contributed by atoms with Crippen molar-refractivity contribution in [2.24, 2.45) is 0 Å². The van der Waals surface area contributed by atoms with E-state index in [0.717, 1.165) is 12.0 Å². The van der Waals surface area contributed by atoms with Crippen molar-refractivity contribution in [1.82, 2.24) is 15.5 Å². The van der Waals surface area contributed by atoms with Crippen LogP contribution in [0, 0.1) is 0 Å². The predicted octanol–water partition coefficient (Wildman–Crippen LogP) is 4.42. The molecule has 3 rings (SSSR count). The summed E-state index contributed by atoms with van der Waals surface area (Å²) in [5.74, 6) is 1.56. The molecule has 26 heavy (non-hydrogen) atoms. The van der Waals surface area contributed by atoms with Gasteiger partial charge in [0.15, 0.2) is 0 Å². The predicted molar refractivity (Wildman–Crippen MR) is 99.3 cm³/mol. The van der Waals surface area contributed by atoms with E-state index < -0.39 is 0 Å². The van der Waals surface area contributed by atoms with Crippen molar-refractivity contribution in [2.45, 2.75) is 26.3 Å². The summed E-state index contributed by atoms with van der Waals surface area (Å²) in [6.45, 7) is 3.97. The van der Waals surface area contributed by atoms with E-state index in [4.69, 9.17) is 8.94 Å². The summed E-state index contributed by atoms with van der Waals surface area (Å²) in [4.78, 5) is 16.1. The minimum Gasteiger partial charge on any atom is -0.465 e. The maximum absolute atomic E-state index is 11.8. The quantitative estimate of drug-likeness (QED) is 0.685. The molecule has 2 heterocycles. The van der Waals surface area contributed by atoms with Crippen molar-refractivity contribution in [3.63, 3.8) is 0 Å². The molecule has 134 valence electrons. The number of nitrogens with zero attached hydrogens (tertiary/aromatic N) is 2. The molecule has 2 amide bonds. The number of carbonyl (C=O) groups is 1. The van der Waals surface area contributed by atoms with E-state index in [1.165, 1.54) is 0 Å². The van der Waals surface area contributed by atoms with Gasteiger partial charge in [-0.05, 0) is 55.8 Å². The van der Waals surface area contributed by atoms with E-state index in [0.29, 0.717) is 23.2 Å². The Bertz CT molecular complexity index is 867. The molecule has 0 bridgehead atoms. The highest BCUT2D eigenvalue weighted by Crippen LogP contribution is 2.19. The summed E-state index contributed by atoms with van der Waals surface area (Å²) in [7, 11) is 0. The fourth-order valence-corrected chi connectivity index (χ4v) is 2.16. The van der Waals surface area contributed by atoms with Crippen LogP contribution in [-0.2, 0) is 0 Å². The molecule has 0 aliphatic carbocycles. The number of amides is 2. The number of hydrogen-bond donors (Lipinski definition) is 2. The third kappa shape index (κ3) is 4.60. The smallest absolute Gasteiger partial charge is 0.319 e. The molecule has 0 saturated heterocycles. The average molecular weight is 352 g/mol. The lowest BCUT2D eigenvalue weighted by atomic mass is 10.2. The highest BCUT2D eigenvalue weighted by molar-refractivity contribution is 5.89. The van der Waals surface area contributed by atoms with Crippen molar-refractivity contribution in [2.75, 3.05) is 5.32 Å². The SMILES string of the molecule is CC[C@H](C)NC(=O)Nc1ccc(-c2noc(/C=C/c3ccco3)n2)cc1. The van der Waals surface area contributed by atoms with E-state index in [9.17, 15) is 4.79 Å². The highest BCUT2D eigenvalue weighted by atomic mass is 16.5. The molecule has 2 aromatic heterocycles. The topological polar surface area (TPSA) is 93.2 Å². The van der Waals surface area contributed by atoms with E-state index in [1.54, 1.807) is 36.6 Å². The monoisotopic (exact) mass is 352 g/mol. The minimum absolute atomic E-state index is 0.126. The van der Waals surface area contributed by atoms with Crippen LogP contribution in [0.15, 0.2) is 51.6 Å². The lowest BCUT2D eigenvalue weighted by molar-refractivity contribution is 0.249. The second-order valence-electron chi connectivity index (χ2n) is 5.79. The minimum atomic E-state index is -0.225. The zero-order valence-corrected chi connectivity index (χ0v) is 14.6. The fourth-order valence-electron chi connectivity index (χ4n) is 2.16. The normalized spacial score (nSPS) is 12.2. The van der Waals surface area contributed by atoms with Crippen LogP contribution in [-0.4, -0.2) is 22.2 Å². The maximum Gasteiger partial charge on any atom is 0.319 e. The van der Waals surface area contributed by atoms with E-state index in [2.05, 4.69) is 20.8 Å². The highest BCUT2D eigenvalue weighted by Gasteiger charge is 2.08. The Morgan fingerprint density at radius 3 is 2.73 bits per heavy atom. The second-order valence-corrected chi connectivity index (χ2v) is 5.79. The lowest BCUT2D eigenvalue weighted by Crippen LogP contribution is -2.35. The Labute approximate surface area is 151 Å². The van der Waals surface area contributed by atoms with Crippen LogP contribution in [0.3, 0.4) is 0 Å². The molecule has 7 heteroatoms. The van der Waals surface area contributed by atoms with Gasteiger partial charge in [-0.3, -0.25) is 0 Å². The third-order valence-corrected chi connectivity index (χ3v) is 3.77. The first kappa shape index (κ1) is 17.5. The molecule has 3 aromatic rings. The van der Waals surface area contributed by atoms with Crippen LogP contribution in [0.1, 0.15) is 31.9 Å². The Balaban J connectivity index is 1.63. The molecule has 0 aliphatic heterocycles. The van der Waals surface area contributed by atoms with Crippen molar-refractivity contribution >= 4 is 23.9 Å². The Morgan fingerprint density at radius 2 is 2.04 bits per heavy atom. The van der Waals surface area contributed by atoms with Gasteiger partial charge in [-0.2, -0.15) is 4.98 Å². The number of carbonyl (C=O) groups excluding carboxylic acids is 1. The first-order chi connectivity index (χ1) is 12.6. The van der Waals surface area contributed by atoms with E-state index in [1.807, 2.05) is 32.0 Å². The van der Waals surface area contributed by atoms with Gasteiger partial charge in [0.25, 0.3) is 5.89 Å². The van der Waals surface area contributed by atoms with Crippen molar-refractivity contribution < 1.29 is 13.7 Å². The number of hydrogen-bond acceptors (Lipinski definition) is 5. The molecule has 0 unspecified atom stereocenters. The second kappa shape index (κ2) is 8.15. The number of anilines is 1. The molecule has 1 aromatic carbocycles. The molecule has 7 nitrogen and oxygen atoms in total. The Morgan fingerprint density at radius 1 is 1.23 bits per heavy atom. The number of benzene rings is 1. The van der Waals surface area contributed by atoms with Crippen molar-refractivity contribution in [3.8, 4) is 11.4 Å². The number of nitrogens with one attached hydrogen (secondary N) is 2. The van der Waals surface area contributed by atoms with Gasteiger partial charge in [0.1, 0.15) is 5.76 Å². The van der Waals surface area contributed by atoms with Crippen LogP contribution < -0.4 is 10.6 Å².